The third-order valence-corrected chi connectivity index (χ3v) is 3.11. The van der Waals surface area contributed by atoms with Crippen LogP contribution in [0.5, 0.6) is 0 Å². The van der Waals surface area contributed by atoms with E-state index in [9.17, 15) is 4.79 Å². The molecule has 3 heteroatoms. The van der Waals surface area contributed by atoms with Gasteiger partial charge in [0.1, 0.15) is 0 Å². The lowest BCUT2D eigenvalue weighted by molar-refractivity contribution is -0.137. The molecule has 0 unspecified atom stereocenters. The van der Waals surface area contributed by atoms with E-state index in [0.29, 0.717) is 18.3 Å². The fourth-order valence-corrected chi connectivity index (χ4v) is 2.16. The quantitative estimate of drug-likeness (QED) is 0.821. The number of carbonyl (C=O) groups is 1. The lowest BCUT2D eigenvalue weighted by Crippen LogP contribution is -2.23. The van der Waals surface area contributed by atoms with Gasteiger partial charge in [0.05, 0.1) is 0 Å². The first-order valence-corrected chi connectivity index (χ1v) is 5.38. The van der Waals surface area contributed by atoms with Gasteiger partial charge in [0.15, 0.2) is 0 Å². The van der Waals surface area contributed by atoms with Gasteiger partial charge in [-0.05, 0) is 37.3 Å². The smallest absolute Gasteiger partial charge is 0.303 e. The van der Waals surface area contributed by atoms with Crippen LogP contribution < -0.4 is 0 Å². The van der Waals surface area contributed by atoms with Gasteiger partial charge >= 0.3 is 5.97 Å². The SMILES string of the molecule is O=C(O)CCC1CC(c2ccccn2)C1. The van der Waals surface area contributed by atoms with Crippen molar-refractivity contribution in [3.63, 3.8) is 0 Å². The van der Waals surface area contributed by atoms with Gasteiger partial charge < -0.3 is 5.11 Å². The van der Waals surface area contributed by atoms with Crippen LogP contribution in [0.4, 0.5) is 0 Å². The molecule has 0 aliphatic heterocycles. The highest BCUT2D eigenvalue weighted by Crippen LogP contribution is 2.42. The van der Waals surface area contributed by atoms with Gasteiger partial charge in [0.2, 0.25) is 0 Å². The van der Waals surface area contributed by atoms with E-state index < -0.39 is 5.97 Å². The van der Waals surface area contributed by atoms with Gasteiger partial charge in [0, 0.05) is 24.2 Å². The number of aromatic nitrogens is 1. The molecule has 0 saturated heterocycles. The minimum absolute atomic E-state index is 0.305. The predicted octanol–water partition coefficient (Wildman–Crippen LogP) is 2.44. The summed E-state index contributed by atoms with van der Waals surface area (Å²) in [5.74, 6) is 0.467. The zero-order valence-corrected chi connectivity index (χ0v) is 8.60. The van der Waals surface area contributed by atoms with E-state index in [2.05, 4.69) is 11.1 Å². The average molecular weight is 205 g/mol. The molecule has 1 fully saturated rings. The van der Waals surface area contributed by atoms with Crippen molar-refractivity contribution >= 4 is 5.97 Å². The molecule has 0 radical (unpaired) electrons. The summed E-state index contributed by atoms with van der Waals surface area (Å²) in [6.07, 6.45) is 5.15. The fraction of sp³-hybridized carbons (Fsp3) is 0.500. The van der Waals surface area contributed by atoms with Crippen molar-refractivity contribution < 1.29 is 9.90 Å². The highest BCUT2D eigenvalue weighted by molar-refractivity contribution is 5.66. The normalized spacial score (nSPS) is 24.5. The standard InChI is InChI=1S/C12H15NO2/c14-12(15)5-4-9-7-10(8-9)11-3-1-2-6-13-11/h1-3,6,9-10H,4-5,7-8H2,(H,14,15). The molecule has 80 valence electrons. The molecule has 1 N–H and O–H groups in total. The molecular weight excluding hydrogens is 190 g/mol. The lowest BCUT2D eigenvalue weighted by atomic mass is 9.71. The van der Waals surface area contributed by atoms with Gasteiger partial charge in [-0.15, -0.1) is 0 Å². The molecule has 1 aliphatic carbocycles. The Kier molecular flexibility index (Phi) is 2.99. The van der Waals surface area contributed by atoms with Crippen molar-refractivity contribution in [2.45, 2.75) is 31.6 Å². The molecule has 1 heterocycles. The molecule has 1 saturated carbocycles. The van der Waals surface area contributed by atoms with Crippen molar-refractivity contribution in [1.29, 1.82) is 0 Å². The minimum Gasteiger partial charge on any atom is -0.481 e. The second-order valence-electron chi connectivity index (χ2n) is 4.22. The maximum atomic E-state index is 10.4. The van der Waals surface area contributed by atoms with Gasteiger partial charge in [-0.3, -0.25) is 9.78 Å². The lowest BCUT2D eigenvalue weighted by Gasteiger charge is -2.34. The summed E-state index contributed by atoms with van der Waals surface area (Å²) in [6.45, 7) is 0. The number of aliphatic carboxylic acids is 1. The summed E-state index contributed by atoms with van der Waals surface area (Å²) < 4.78 is 0. The molecule has 0 spiro atoms. The summed E-state index contributed by atoms with van der Waals surface area (Å²) in [6, 6.07) is 5.98. The monoisotopic (exact) mass is 205 g/mol. The number of rotatable bonds is 4. The maximum absolute atomic E-state index is 10.4. The summed E-state index contributed by atoms with van der Waals surface area (Å²) in [5.41, 5.74) is 1.16. The third kappa shape index (κ3) is 2.55. The Morgan fingerprint density at radius 3 is 2.87 bits per heavy atom. The molecule has 0 bridgehead atoms. The molecular formula is C12H15NO2. The Bertz CT molecular complexity index is 331. The molecule has 0 atom stereocenters. The summed E-state index contributed by atoms with van der Waals surface area (Å²) >= 11 is 0. The molecule has 1 aromatic heterocycles. The second-order valence-corrected chi connectivity index (χ2v) is 4.22. The molecule has 0 aromatic carbocycles. The molecule has 3 nitrogen and oxygen atoms in total. The molecule has 1 aromatic rings. The number of hydrogen-bond acceptors (Lipinski definition) is 2. The van der Waals surface area contributed by atoms with Crippen LogP contribution in [0, 0.1) is 5.92 Å². The first-order valence-electron chi connectivity index (χ1n) is 5.38. The summed E-state index contributed by atoms with van der Waals surface area (Å²) in [4.78, 5) is 14.7. The molecule has 2 rings (SSSR count). The number of hydrogen-bond donors (Lipinski definition) is 1. The van der Waals surface area contributed by atoms with Crippen molar-refractivity contribution in [1.82, 2.24) is 4.98 Å². The Balaban J connectivity index is 1.76. The molecule has 15 heavy (non-hydrogen) atoms. The van der Waals surface area contributed by atoms with Crippen LogP contribution in [0.2, 0.25) is 0 Å². The fourth-order valence-electron chi connectivity index (χ4n) is 2.16. The van der Waals surface area contributed by atoms with Gasteiger partial charge in [-0.2, -0.15) is 0 Å². The zero-order chi connectivity index (χ0) is 10.7. The van der Waals surface area contributed by atoms with E-state index in [4.69, 9.17) is 5.11 Å². The number of nitrogens with zero attached hydrogens (tertiary/aromatic N) is 1. The van der Waals surface area contributed by atoms with Gasteiger partial charge in [0.25, 0.3) is 0 Å². The Morgan fingerprint density at radius 2 is 2.27 bits per heavy atom. The Morgan fingerprint density at radius 1 is 1.47 bits per heavy atom. The van der Waals surface area contributed by atoms with E-state index in [1.54, 1.807) is 0 Å². The van der Waals surface area contributed by atoms with E-state index in [1.807, 2.05) is 18.3 Å². The van der Waals surface area contributed by atoms with Crippen LogP contribution in [0.15, 0.2) is 24.4 Å². The predicted molar refractivity (Wildman–Crippen MR) is 56.6 cm³/mol. The highest BCUT2D eigenvalue weighted by atomic mass is 16.4. The molecule has 1 aliphatic rings. The number of carboxylic acid groups (broad SMARTS) is 1. The van der Waals surface area contributed by atoms with Crippen molar-refractivity contribution in [3.8, 4) is 0 Å². The Hall–Kier alpha value is -1.38. The molecule has 0 amide bonds. The third-order valence-electron chi connectivity index (χ3n) is 3.11. The van der Waals surface area contributed by atoms with Crippen LogP contribution >= 0.6 is 0 Å². The van der Waals surface area contributed by atoms with E-state index in [-0.39, 0.29) is 0 Å². The second kappa shape index (κ2) is 4.43. The largest absolute Gasteiger partial charge is 0.481 e. The average Bonchev–Trinajstić information content (AvgIpc) is 2.16. The van der Waals surface area contributed by atoms with Gasteiger partial charge in [-0.1, -0.05) is 6.07 Å². The first-order chi connectivity index (χ1) is 7.25. The van der Waals surface area contributed by atoms with Crippen LogP contribution in [0.3, 0.4) is 0 Å². The highest BCUT2D eigenvalue weighted by Gasteiger charge is 2.30. The maximum Gasteiger partial charge on any atom is 0.303 e. The number of pyridine rings is 1. The van der Waals surface area contributed by atoms with Crippen LogP contribution in [0.1, 0.15) is 37.3 Å². The summed E-state index contributed by atoms with van der Waals surface area (Å²) in [7, 11) is 0. The minimum atomic E-state index is -0.684. The van der Waals surface area contributed by atoms with Crippen molar-refractivity contribution in [3.05, 3.63) is 30.1 Å². The zero-order valence-electron chi connectivity index (χ0n) is 8.60. The van der Waals surface area contributed by atoms with Crippen LogP contribution in [-0.2, 0) is 4.79 Å². The van der Waals surface area contributed by atoms with E-state index in [0.717, 1.165) is 25.0 Å². The van der Waals surface area contributed by atoms with Gasteiger partial charge in [-0.25, -0.2) is 0 Å². The van der Waals surface area contributed by atoms with Crippen LogP contribution in [-0.4, -0.2) is 16.1 Å². The van der Waals surface area contributed by atoms with Crippen LogP contribution in [0.25, 0.3) is 0 Å². The van der Waals surface area contributed by atoms with Crippen molar-refractivity contribution in [2.75, 3.05) is 0 Å². The topological polar surface area (TPSA) is 50.2 Å². The van der Waals surface area contributed by atoms with E-state index in [1.165, 1.54) is 0 Å². The first kappa shape index (κ1) is 10.1. The number of carboxylic acids is 1. The summed E-state index contributed by atoms with van der Waals surface area (Å²) in [5, 5.41) is 8.55. The van der Waals surface area contributed by atoms with Crippen molar-refractivity contribution in [2.24, 2.45) is 5.92 Å². The van der Waals surface area contributed by atoms with E-state index >= 15 is 0 Å². The Labute approximate surface area is 89.2 Å².